The van der Waals surface area contributed by atoms with Crippen LogP contribution in [-0.2, 0) is 6.37 Å². The van der Waals surface area contributed by atoms with Crippen molar-refractivity contribution in [3.05, 3.63) is 200 Å². The molecule has 0 aliphatic rings. The van der Waals surface area contributed by atoms with Gasteiger partial charge in [-0.2, -0.15) is 0 Å². The Balaban J connectivity index is 1.16. The number of ether oxygens (including phenoxy) is 1. The number of hydrogen-bond donors (Lipinski definition) is 0. The van der Waals surface area contributed by atoms with Crippen LogP contribution in [0.25, 0.3) is 72.3 Å². The third kappa shape index (κ3) is 6.50. The van der Waals surface area contributed by atoms with E-state index in [0.29, 0.717) is 44.7 Å². The van der Waals surface area contributed by atoms with Crippen LogP contribution in [0.15, 0.2) is 188 Å². The van der Waals surface area contributed by atoms with Gasteiger partial charge < -0.3 is 4.74 Å². The molecule has 58 heavy (non-hydrogen) atoms. The highest BCUT2D eigenvalue weighted by atomic mass is 16.5. The standard InChI is InChI=1S/C53H42N4O/c1-53(2,3)35-37-30-31-54-51(32-37)57-47-25-11-10-22-45(47)46-29-28-42(34-50(46)57)58-41-21-14-20-40(33-41)55-36-56(49-27-13-12-26-48(49)55)52-43(38-16-6-4-7-17-38)23-15-24-44(52)39-18-8-5-9-19-39/h4-34H,35H2,1-3H3/i4D,5D,6D,7D,8D,9D,10D,11D,16D,17D,18D,19D,22D,25D,35D2. The molecular weight excluding hydrogens is 709 g/mol. The van der Waals surface area contributed by atoms with Crippen LogP contribution < -0.4 is 9.30 Å². The molecule has 0 aliphatic carbocycles. The summed E-state index contributed by atoms with van der Waals surface area (Å²) in [5, 5.41) is 0.723. The van der Waals surface area contributed by atoms with E-state index in [1.54, 1.807) is 119 Å². The van der Waals surface area contributed by atoms with Gasteiger partial charge in [-0.25, -0.2) is 4.98 Å². The van der Waals surface area contributed by atoms with Gasteiger partial charge in [0.2, 0.25) is 0 Å². The fourth-order valence-electron chi connectivity index (χ4n) is 7.25. The number of fused-ring (bicyclic) bond motifs is 4. The highest BCUT2D eigenvalue weighted by Gasteiger charge is 2.20. The lowest BCUT2D eigenvalue weighted by atomic mass is 9.88. The highest BCUT2D eigenvalue weighted by molar-refractivity contribution is 6.09. The van der Waals surface area contributed by atoms with E-state index in [1.807, 2.05) is 6.07 Å². The molecule has 3 heterocycles. The van der Waals surface area contributed by atoms with E-state index in [1.165, 1.54) is 12.3 Å². The lowest BCUT2D eigenvalue weighted by Crippen LogP contribution is -2.31. The van der Waals surface area contributed by atoms with Crippen LogP contribution in [0.5, 0.6) is 11.5 Å². The van der Waals surface area contributed by atoms with Gasteiger partial charge in [0.15, 0.2) is 0 Å². The SMILES string of the molecule is [2H]c1c([2H])c([2H])c(-c2cccc(-c3c([2H])c([2H])c([2H])c([2H])c3[2H])c2-[n+]2[c-]n(-c3cccc(Oc4ccc5c6c([2H])c([2H])c([2H])c([2H])c6n(-c6cc(C([2H])([2H])C(C)(C)C)ccn6)c5c4)c3)c3ccccc32)c([2H])c1[2H]. The number of nitrogens with zero attached hydrogens (tertiary/aromatic N) is 4. The molecule has 0 radical (unpaired) electrons. The minimum absolute atomic E-state index is 0.100. The van der Waals surface area contributed by atoms with Crippen molar-refractivity contribution in [1.29, 1.82) is 0 Å². The summed E-state index contributed by atoms with van der Waals surface area (Å²) in [6.45, 7) is 5.36. The summed E-state index contributed by atoms with van der Waals surface area (Å²) in [4.78, 5) is 4.60. The van der Waals surface area contributed by atoms with Crippen LogP contribution in [0.4, 0.5) is 0 Å². The Morgan fingerprint density at radius 3 is 2.10 bits per heavy atom. The maximum Gasteiger partial charge on any atom is 0.269 e. The Morgan fingerprint density at radius 2 is 1.34 bits per heavy atom. The van der Waals surface area contributed by atoms with Gasteiger partial charge >= 0.3 is 0 Å². The fourth-order valence-corrected chi connectivity index (χ4v) is 7.25. The maximum absolute atomic E-state index is 9.05. The quantitative estimate of drug-likeness (QED) is 0.114. The molecule has 0 saturated heterocycles. The number of benzene rings is 7. The Bertz CT molecular complexity index is 3880. The van der Waals surface area contributed by atoms with Crippen LogP contribution in [0, 0.1) is 11.7 Å². The highest BCUT2D eigenvalue weighted by Crippen LogP contribution is 2.37. The normalized spacial score (nSPS) is 15.9. The smallest absolute Gasteiger partial charge is 0.269 e. The molecule has 7 aromatic carbocycles. The molecule has 280 valence electrons. The summed E-state index contributed by atoms with van der Waals surface area (Å²) >= 11 is 0. The number of imidazole rings is 1. The van der Waals surface area contributed by atoms with Crippen LogP contribution in [0.2, 0.25) is 0 Å². The van der Waals surface area contributed by atoms with Crippen molar-refractivity contribution >= 4 is 32.8 Å². The van der Waals surface area contributed by atoms with E-state index in [9.17, 15) is 0 Å². The minimum Gasteiger partial charge on any atom is -0.458 e. The number of pyridine rings is 1. The molecular formula is C53H42N4O. The van der Waals surface area contributed by atoms with Gasteiger partial charge in [0.1, 0.15) is 17.3 Å². The third-order valence-corrected chi connectivity index (χ3v) is 9.54. The van der Waals surface area contributed by atoms with Crippen molar-refractivity contribution in [1.82, 2.24) is 14.1 Å². The molecule has 3 aromatic heterocycles. The van der Waals surface area contributed by atoms with Crippen molar-refractivity contribution in [3.63, 3.8) is 0 Å². The largest absolute Gasteiger partial charge is 0.458 e. The van der Waals surface area contributed by atoms with Gasteiger partial charge in [-0.15, -0.1) is 0 Å². The summed E-state index contributed by atoms with van der Waals surface area (Å²) < 4.78 is 151. The first-order valence-corrected chi connectivity index (χ1v) is 18.5. The van der Waals surface area contributed by atoms with Gasteiger partial charge in [0.25, 0.3) is 6.33 Å². The van der Waals surface area contributed by atoms with Gasteiger partial charge in [-0.1, -0.05) is 148 Å². The number of rotatable bonds is 8. The lowest BCUT2D eigenvalue weighted by molar-refractivity contribution is -0.571. The molecule has 0 aliphatic heterocycles. The molecule has 0 fully saturated rings. The summed E-state index contributed by atoms with van der Waals surface area (Å²) in [7, 11) is 0. The first-order chi connectivity index (χ1) is 35.0. The minimum atomic E-state index is -1.82. The second kappa shape index (κ2) is 14.4. The molecule has 0 spiro atoms. The predicted molar refractivity (Wildman–Crippen MR) is 236 cm³/mol. The van der Waals surface area contributed by atoms with Crippen LogP contribution in [0.3, 0.4) is 0 Å². The third-order valence-electron chi connectivity index (χ3n) is 9.54. The van der Waals surface area contributed by atoms with E-state index in [2.05, 4.69) is 11.3 Å². The van der Waals surface area contributed by atoms with E-state index >= 15 is 0 Å². The van der Waals surface area contributed by atoms with Crippen LogP contribution >= 0.6 is 0 Å². The predicted octanol–water partition coefficient (Wildman–Crippen LogP) is 12.9. The van der Waals surface area contributed by atoms with Gasteiger partial charge in [-0.05, 0) is 88.1 Å². The van der Waals surface area contributed by atoms with Gasteiger partial charge in [0.05, 0.1) is 52.6 Å². The molecule has 10 aromatic rings. The van der Waals surface area contributed by atoms with Gasteiger partial charge in [0, 0.05) is 25.8 Å². The zero-order chi connectivity index (χ0) is 53.2. The molecule has 0 saturated carbocycles. The van der Waals surface area contributed by atoms with Crippen LogP contribution in [0.1, 0.15) is 48.3 Å². The van der Waals surface area contributed by atoms with Crippen molar-refractivity contribution in [2.75, 3.05) is 0 Å². The van der Waals surface area contributed by atoms with E-state index in [-0.39, 0.29) is 56.7 Å². The topological polar surface area (TPSA) is 35.9 Å². The number of para-hydroxylation sites is 4. The number of aromatic nitrogens is 4. The molecule has 0 bridgehead atoms. The summed E-state index contributed by atoms with van der Waals surface area (Å²) in [5.74, 6) is 0.873. The number of hydrogen-bond acceptors (Lipinski definition) is 2. The first-order valence-electron chi connectivity index (χ1n) is 26.5. The van der Waals surface area contributed by atoms with Crippen LogP contribution in [-0.4, -0.2) is 14.1 Å². The average Bonchev–Trinajstić information content (AvgIpc) is 3.96. The maximum atomic E-state index is 9.05. The molecule has 5 heteroatoms. The molecule has 0 unspecified atom stereocenters. The average molecular weight is 767 g/mol. The Labute approximate surface area is 361 Å². The Kier molecular flexibility index (Phi) is 5.42. The first kappa shape index (κ1) is 21.9. The van der Waals surface area contributed by atoms with Gasteiger partial charge in [-0.3, -0.25) is 13.7 Å². The zero-order valence-corrected chi connectivity index (χ0v) is 31.5. The molecule has 5 nitrogen and oxygen atoms in total. The zero-order valence-electron chi connectivity index (χ0n) is 47.5. The fraction of sp³-hybridized carbons (Fsp3) is 0.0943. The molecule has 0 N–H and O–H groups in total. The second-order valence-corrected chi connectivity index (χ2v) is 14.6. The summed E-state index contributed by atoms with van der Waals surface area (Å²) in [5.41, 5.74) is 1.58. The summed E-state index contributed by atoms with van der Waals surface area (Å²) in [6.07, 6.45) is 3.03. The summed E-state index contributed by atoms with van der Waals surface area (Å²) in [6, 6.07) is 19.9. The molecule has 10 rings (SSSR count). The van der Waals surface area contributed by atoms with Crippen molar-refractivity contribution in [2.45, 2.75) is 27.1 Å². The van der Waals surface area contributed by atoms with Crippen molar-refractivity contribution < 1.29 is 31.2 Å². The van der Waals surface area contributed by atoms with E-state index in [4.69, 9.17) is 26.7 Å². The van der Waals surface area contributed by atoms with Crippen molar-refractivity contribution in [3.8, 4) is 50.9 Å². The monoisotopic (exact) mass is 766 g/mol. The van der Waals surface area contributed by atoms with E-state index < -0.39 is 84.3 Å². The molecule has 0 atom stereocenters. The Morgan fingerprint density at radius 1 is 0.655 bits per heavy atom. The Hall–Kier alpha value is -7.24. The van der Waals surface area contributed by atoms with Crippen molar-refractivity contribution in [2.24, 2.45) is 5.41 Å². The lowest BCUT2D eigenvalue weighted by Gasteiger charge is -2.18. The van der Waals surface area contributed by atoms with E-state index in [0.717, 1.165) is 0 Å². The second-order valence-electron chi connectivity index (χ2n) is 14.6. The molecule has 0 amide bonds.